The molecular formula is C17H22N4O3S2. The van der Waals surface area contributed by atoms with Gasteiger partial charge in [0.1, 0.15) is 4.83 Å². The van der Waals surface area contributed by atoms with Crippen molar-refractivity contribution in [3.8, 4) is 0 Å². The highest BCUT2D eigenvalue weighted by Gasteiger charge is 2.24. The highest BCUT2D eigenvalue weighted by Crippen LogP contribution is 2.36. The molecule has 0 bridgehead atoms. The topological polar surface area (TPSA) is 107 Å². The molecule has 0 fully saturated rings. The summed E-state index contributed by atoms with van der Waals surface area (Å²) < 4.78 is 1.67. The van der Waals surface area contributed by atoms with Crippen molar-refractivity contribution in [3.63, 3.8) is 0 Å². The van der Waals surface area contributed by atoms with Gasteiger partial charge >= 0.3 is 6.03 Å². The van der Waals surface area contributed by atoms with Crippen LogP contribution < -0.4 is 16.6 Å². The van der Waals surface area contributed by atoms with Crippen molar-refractivity contribution >= 4 is 45.3 Å². The Bertz CT molecular complexity index is 919. The van der Waals surface area contributed by atoms with Crippen LogP contribution in [0.2, 0.25) is 0 Å². The monoisotopic (exact) mass is 394 g/mol. The Morgan fingerprint density at radius 2 is 2.23 bits per heavy atom. The summed E-state index contributed by atoms with van der Waals surface area (Å²) in [4.78, 5) is 42.0. The molecule has 3 rings (SSSR count). The van der Waals surface area contributed by atoms with Gasteiger partial charge in [-0.15, -0.1) is 11.3 Å². The first-order valence-electron chi connectivity index (χ1n) is 8.67. The number of rotatable bonds is 5. The largest absolute Gasteiger partial charge is 0.351 e. The first-order chi connectivity index (χ1) is 12.4. The number of hydrogen-bond acceptors (Lipinski definition) is 6. The van der Waals surface area contributed by atoms with Gasteiger partial charge in [-0.05, 0) is 37.7 Å². The second kappa shape index (κ2) is 7.79. The van der Waals surface area contributed by atoms with Crippen molar-refractivity contribution in [1.29, 1.82) is 0 Å². The molecule has 0 spiro atoms. The number of nitrogens with one attached hydrogen (secondary N) is 1. The third-order valence-corrected chi connectivity index (χ3v) is 6.65. The number of fused-ring (bicyclic) bond motifs is 3. The first kappa shape index (κ1) is 18.9. The Hall–Kier alpha value is -1.87. The summed E-state index contributed by atoms with van der Waals surface area (Å²) in [7, 11) is 0. The second-order valence-corrected chi connectivity index (χ2v) is 8.63. The smallest absolute Gasteiger partial charge is 0.318 e. The summed E-state index contributed by atoms with van der Waals surface area (Å²) >= 11 is 2.97. The molecule has 2 aromatic rings. The van der Waals surface area contributed by atoms with Crippen LogP contribution in [0.1, 0.15) is 37.1 Å². The van der Waals surface area contributed by atoms with Crippen molar-refractivity contribution in [2.24, 2.45) is 11.7 Å². The number of aryl methyl sites for hydroxylation is 1. The van der Waals surface area contributed by atoms with Gasteiger partial charge in [0.2, 0.25) is 5.91 Å². The average molecular weight is 395 g/mol. The molecule has 2 heterocycles. The number of carbonyl (C=O) groups is 2. The number of hydrogen-bond donors (Lipinski definition) is 2. The van der Waals surface area contributed by atoms with E-state index in [9.17, 15) is 14.4 Å². The number of carbonyl (C=O) groups excluding carboxylic acids is 2. The van der Waals surface area contributed by atoms with E-state index in [1.54, 1.807) is 15.9 Å². The zero-order valence-corrected chi connectivity index (χ0v) is 16.5. The minimum Gasteiger partial charge on any atom is -0.351 e. The first-order valence-corrected chi connectivity index (χ1v) is 10.5. The Balaban J connectivity index is 1.88. The fourth-order valence-corrected chi connectivity index (χ4v) is 5.65. The zero-order chi connectivity index (χ0) is 18.8. The number of urea groups is 1. The minimum atomic E-state index is -0.858. The summed E-state index contributed by atoms with van der Waals surface area (Å²) in [6.45, 7) is 4.68. The highest BCUT2D eigenvalue weighted by molar-refractivity contribution is 7.99. The lowest BCUT2D eigenvalue weighted by molar-refractivity contribution is -0.119. The normalized spacial score (nSPS) is 16.5. The molecule has 0 aromatic carbocycles. The summed E-state index contributed by atoms with van der Waals surface area (Å²) in [5, 5.41) is 3.42. The van der Waals surface area contributed by atoms with E-state index in [-0.39, 0.29) is 12.0 Å². The number of nitrogens with zero attached hydrogens (tertiary/aromatic N) is 2. The Kier molecular flexibility index (Phi) is 5.67. The number of primary amides is 1. The standard InChI is InChI=1S/C17H22N4O3S2/c1-3-21-15(23)13-10-5-4-9(2)8-11(10)26-14(13)20-17(21)25-7-6-12(22)19-16(18)24/h9H,3-8H2,1-2H3,(H3,18,19,22,24). The van der Waals surface area contributed by atoms with Crippen molar-refractivity contribution < 1.29 is 9.59 Å². The number of thioether (sulfide) groups is 1. The maximum absolute atomic E-state index is 13.0. The van der Waals surface area contributed by atoms with Crippen molar-refractivity contribution in [2.75, 3.05) is 5.75 Å². The third-order valence-electron chi connectivity index (χ3n) is 4.52. The molecule has 1 aliphatic rings. The second-order valence-electron chi connectivity index (χ2n) is 6.49. The fraction of sp³-hybridized carbons (Fsp3) is 0.529. The van der Waals surface area contributed by atoms with Crippen molar-refractivity contribution in [2.45, 2.75) is 51.2 Å². The van der Waals surface area contributed by atoms with Gasteiger partial charge in [0.15, 0.2) is 5.16 Å². The maximum Gasteiger partial charge on any atom is 0.318 e. The molecule has 1 unspecified atom stereocenters. The summed E-state index contributed by atoms with van der Waals surface area (Å²) in [6.07, 6.45) is 3.19. The fourth-order valence-electron chi connectivity index (χ4n) is 3.23. The molecule has 0 radical (unpaired) electrons. The molecule has 0 saturated carbocycles. The molecule has 0 aliphatic heterocycles. The van der Waals surface area contributed by atoms with E-state index < -0.39 is 11.9 Å². The molecule has 3 amide bonds. The van der Waals surface area contributed by atoms with Gasteiger partial charge in [0.25, 0.3) is 5.56 Å². The number of amides is 3. The van der Waals surface area contributed by atoms with Crippen LogP contribution in [0.3, 0.4) is 0 Å². The van der Waals surface area contributed by atoms with E-state index in [2.05, 4.69) is 6.92 Å². The molecule has 2 aromatic heterocycles. The van der Waals surface area contributed by atoms with Crippen LogP contribution in [0.4, 0.5) is 4.79 Å². The molecule has 1 aliphatic carbocycles. The predicted molar refractivity (Wildman–Crippen MR) is 104 cm³/mol. The van der Waals surface area contributed by atoms with Gasteiger partial charge in [0.05, 0.1) is 5.39 Å². The van der Waals surface area contributed by atoms with Crippen LogP contribution in [-0.2, 0) is 24.2 Å². The van der Waals surface area contributed by atoms with Crippen molar-refractivity contribution in [1.82, 2.24) is 14.9 Å². The van der Waals surface area contributed by atoms with Gasteiger partial charge in [-0.1, -0.05) is 18.7 Å². The van der Waals surface area contributed by atoms with Gasteiger partial charge in [0, 0.05) is 23.6 Å². The molecule has 140 valence electrons. The lowest BCUT2D eigenvalue weighted by Gasteiger charge is -2.17. The number of imide groups is 1. The van der Waals surface area contributed by atoms with Gasteiger partial charge in [-0.2, -0.15) is 0 Å². The molecule has 1 atom stereocenters. The predicted octanol–water partition coefficient (Wildman–Crippen LogP) is 2.28. The third kappa shape index (κ3) is 3.78. The molecular weight excluding hydrogens is 372 g/mol. The van der Waals surface area contributed by atoms with E-state index in [4.69, 9.17) is 10.7 Å². The van der Waals surface area contributed by atoms with Crippen molar-refractivity contribution in [3.05, 3.63) is 20.8 Å². The quantitative estimate of drug-likeness (QED) is 0.598. The summed E-state index contributed by atoms with van der Waals surface area (Å²) in [5.74, 6) is 0.623. The van der Waals surface area contributed by atoms with E-state index in [0.29, 0.717) is 23.4 Å². The van der Waals surface area contributed by atoms with E-state index in [1.807, 2.05) is 12.2 Å². The molecule has 9 heteroatoms. The van der Waals surface area contributed by atoms with Crippen LogP contribution in [-0.4, -0.2) is 27.2 Å². The highest BCUT2D eigenvalue weighted by atomic mass is 32.2. The lowest BCUT2D eigenvalue weighted by atomic mass is 9.89. The SMILES string of the molecule is CCn1c(SCCC(=O)NC(N)=O)nc2sc3c(c2c1=O)CCC(C)C3. The summed E-state index contributed by atoms with van der Waals surface area (Å²) in [5.41, 5.74) is 6.12. The van der Waals surface area contributed by atoms with Gasteiger partial charge in [-0.25, -0.2) is 9.78 Å². The molecule has 3 N–H and O–H groups in total. The number of nitrogens with two attached hydrogens (primary N) is 1. The Morgan fingerprint density at radius 1 is 1.46 bits per heavy atom. The van der Waals surface area contributed by atoms with Crippen LogP contribution in [0.15, 0.2) is 9.95 Å². The Labute approximate surface area is 159 Å². The van der Waals surface area contributed by atoms with Crippen LogP contribution >= 0.6 is 23.1 Å². The lowest BCUT2D eigenvalue weighted by Crippen LogP contribution is -2.35. The van der Waals surface area contributed by atoms with E-state index >= 15 is 0 Å². The number of aromatic nitrogens is 2. The van der Waals surface area contributed by atoms with Crippen LogP contribution in [0, 0.1) is 5.92 Å². The number of thiophene rings is 1. The van der Waals surface area contributed by atoms with E-state index in [0.717, 1.165) is 29.5 Å². The van der Waals surface area contributed by atoms with Crippen LogP contribution in [0.5, 0.6) is 0 Å². The average Bonchev–Trinajstić information content (AvgIpc) is 2.91. The van der Waals surface area contributed by atoms with Gasteiger partial charge < -0.3 is 5.73 Å². The Morgan fingerprint density at radius 3 is 2.92 bits per heavy atom. The minimum absolute atomic E-state index is 0.00800. The van der Waals surface area contributed by atoms with Crippen LogP contribution in [0.25, 0.3) is 10.2 Å². The maximum atomic E-state index is 13.0. The molecule has 26 heavy (non-hydrogen) atoms. The zero-order valence-electron chi connectivity index (χ0n) is 14.8. The molecule has 0 saturated heterocycles. The van der Waals surface area contributed by atoms with Gasteiger partial charge in [-0.3, -0.25) is 19.5 Å². The van der Waals surface area contributed by atoms with E-state index in [1.165, 1.54) is 22.2 Å². The molecule has 7 nitrogen and oxygen atoms in total. The summed E-state index contributed by atoms with van der Waals surface area (Å²) in [6, 6.07) is -0.858.